The van der Waals surface area contributed by atoms with E-state index in [1.807, 2.05) is 0 Å². The van der Waals surface area contributed by atoms with Crippen LogP contribution in [-0.4, -0.2) is 33.6 Å². The second-order valence-corrected chi connectivity index (χ2v) is 11.6. The van der Waals surface area contributed by atoms with Crippen LogP contribution >= 0.6 is 11.6 Å². The Balaban J connectivity index is 1.86. The number of alkyl halides is 3. The quantitative estimate of drug-likeness (QED) is 0.261. The highest BCUT2D eigenvalue weighted by Gasteiger charge is 2.41. The number of anilines is 1. The number of hydrogen-bond acceptors (Lipinski definition) is 3. The number of carbonyl (C=O) groups is 1. The summed E-state index contributed by atoms with van der Waals surface area (Å²) in [5, 5.41) is 5.36. The number of rotatable bonds is 5. The number of halogens is 5. The Morgan fingerprint density at radius 1 is 1.10 bits per heavy atom. The van der Waals surface area contributed by atoms with Crippen LogP contribution in [0.4, 0.5) is 28.0 Å². The summed E-state index contributed by atoms with van der Waals surface area (Å²) in [5.41, 5.74) is 0.879. The van der Waals surface area contributed by atoms with E-state index in [9.17, 15) is 30.8 Å². The molecule has 0 bridgehead atoms. The Hall–Kier alpha value is -3.57. The maximum Gasteiger partial charge on any atom is 0.416 e. The van der Waals surface area contributed by atoms with Crippen molar-refractivity contribution in [1.29, 1.82) is 0 Å². The molecule has 3 aromatic rings. The molecule has 1 aliphatic heterocycles. The summed E-state index contributed by atoms with van der Waals surface area (Å²) in [6.07, 6.45) is -2.84. The van der Waals surface area contributed by atoms with Gasteiger partial charge in [-0.05, 0) is 73.4 Å². The number of carbonyl (C=O) groups excluding carboxylic acids is 1. The molecule has 2 amide bonds. The number of amides is 2. The van der Waals surface area contributed by atoms with Gasteiger partial charge < -0.3 is 10.6 Å². The van der Waals surface area contributed by atoms with Crippen molar-refractivity contribution >= 4 is 45.0 Å². The zero-order chi connectivity index (χ0) is 29.4. The van der Waals surface area contributed by atoms with Crippen molar-refractivity contribution in [3.05, 3.63) is 93.8 Å². The highest BCUT2D eigenvalue weighted by Crippen LogP contribution is 2.39. The van der Waals surface area contributed by atoms with Crippen molar-refractivity contribution < 1.29 is 30.8 Å². The van der Waals surface area contributed by atoms with Gasteiger partial charge in [-0.15, -0.1) is 0 Å². The molecule has 0 aromatic heterocycles. The molecule has 2 atom stereocenters. The molecule has 40 heavy (non-hydrogen) atoms. The number of nitrogens with zero attached hydrogens (tertiary/aromatic N) is 1. The van der Waals surface area contributed by atoms with Crippen molar-refractivity contribution in [3.63, 3.8) is 0 Å². The summed E-state index contributed by atoms with van der Waals surface area (Å²) in [6.45, 7) is 3.23. The average molecular weight is 596 g/mol. The molecule has 3 aromatic carbocycles. The first-order chi connectivity index (χ1) is 18.7. The Kier molecular flexibility index (Phi) is 8.18. The zero-order valence-corrected chi connectivity index (χ0v) is 23.3. The van der Waals surface area contributed by atoms with Gasteiger partial charge in [0.2, 0.25) is 0 Å². The van der Waals surface area contributed by atoms with Crippen LogP contribution in [-0.2, 0) is 22.6 Å². The van der Waals surface area contributed by atoms with Gasteiger partial charge in [0.25, 0.3) is 10.0 Å². The molecule has 0 aliphatic carbocycles. The van der Waals surface area contributed by atoms with Crippen LogP contribution in [0.3, 0.4) is 0 Å². The summed E-state index contributed by atoms with van der Waals surface area (Å²) in [4.78, 5) is 11.6. The smallest absolute Gasteiger partial charge is 0.341 e. The summed E-state index contributed by atoms with van der Waals surface area (Å²) >= 11 is 6.20. The summed E-state index contributed by atoms with van der Waals surface area (Å²) in [6, 6.07) is 10.7. The Labute approximate surface area is 234 Å². The SMILES string of the molecule is CNC(=O)NC1Cc2ccc(C=C(C)c3c(F)cccc3Cl)cc2N(S(=O)(=O)c2cccc(C(F)(F)F)c2)C1C. The highest BCUT2D eigenvalue weighted by atomic mass is 35.5. The number of urea groups is 1. The largest absolute Gasteiger partial charge is 0.416 e. The predicted octanol–water partition coefficient (Wildman–Crippen LogP) is 6.50. The molecule has 4 rings (SSSR count). The molecule has 1 heterocycles. The second kappa shape index (κ2) is 11.1. The van der Waals surface area contributed by atoms with Gasteiger partial charge in [0.05, 0.1) is 33.3 Å². The van der Waals surface area contributed by atoms with Gasteiger partial charge in [0, 0.05) is 12.6 Å². The van der Waals surface area contributed by atoms with Crippen LogP contribution in [0, 0.1) is 5.82 Å². The first-order valence-corrected chi connectivity index (χ1v) is 14.0. The van der Waals surface area contributed by atoms with Crippen LogP contribution in [0.5, 0.6) is 0 Å². The maximum absolute atomic E-state index is 14.5. The minimum absolute atomic E-state index is 0.193. The van der Waals surface area contributed by atoms with Gasteiger partial charge in [-0.25, -0.2) is 17.6 Å². The van der Waals surface area contributed by atoms with Crippen molar-refractivity contribution in [3.8, 4) is 0 Å². The minimum Gasteiger partial charge on any atom is -0.341 e. The van der Waals surface area contributed by atoms with Crippen LogP contribution in [0.25, 0.3) is 11.6 Å². The lowest BCUT2D eigenvalue weighted by atomic mass is 9.92. The predicted molar refractivity (Wildman–Crippen MR) is 147 cm³/mol. The minimum atomic E-state index is -4.75. The van der Waals surface area contributed by atoms with E-state index < -0.39 is 50.6 Å². The van der Waals surface area contributed by atoms with E-state index in [1.54, 1.807) is 44.2 Å². The van der Waals surface area contributed by atoms with Crippen molar-refractivity contribution in [2.45, 2.75) is 43.4 Å². The number of hydrogen-bond donors (Lipinski definition) is 2. The number of benzene rings is 3. The zero-order valence-electron chi connectivity index (χ0n) is 21.7. The molecule has 0 radical (unpaired) electrons. The van der Waals surface area contributed by atoms with Crippen LogP contribution in [0.15, 0.2) is 65.6 Å². The van der Waals surface area contributed by atoms with E-state index in [2.05, 4.69) is 10.6 Å². The van der Waals surface area contributed by atoms with Gasteiger partial charge in [-0.1, -0.05) is 41.9 Å². The van der Waals surface area contributed by atoms with Gasteiger partial charge in [-0.3, -0.25) is 4.31 Å². The van der Waals surface area contributed by atoms with E-state index in [4.69, 9.17) is 11.6 Å². The lowest BCUT2D eigenvalue weighted by molar-refractivity contribution is -0.137. The van der Waals surface area contributed by atoms with Gasteiger partial charge >= 0.3 is 12.2 Å². The summed E-state index contributed by atoms with van der Waals surface area (Å²) in [5.74, 6) is -0.523. The number of allylic oxidation sites excluding steroid dienone is 1. The number of fused-ring (bicyclic) bond motifs is 1. The van der Waals surface area contributed by atoms with Gasteiger partial charge in [0.1, 0.15) is 5.82 Å². The normalized spacial score (nSPS) is 17.8. The van der Waals surface area contributed by atoms with Crippen LogP contribution in [0.1, 0.15) is 36.1 Å². The third-order valence-corrected chi connectivity index (χ3v) is 8.95. The van der Waals surface area contributed by atoms with E-state index in [0.29, 0.717) is 22.8 Å². The summed E-state index contributed by atoms with van der Waals surface area (Å²) < 4.78 is 83.7. The second-order valence-electron chi connectivity index (χ2n) is 9.41. The van der Waals surface area contributed by atoms with Crippen LogP contribution < -0.4 is 14.9 Å². The molecule has 0 saturated heterocycles. The fourth-order valence-corrected chi connectivity index (χ4v) is 6.82. The molecule has 12 heteroatoms. The molecular weight excluding hydrogens is 570 g/mol. The molecular formula is C28H26ClF4N3O3S. The van der Waals surface area contributed by atoms with Crippen molar-refractivity contribution in [2.24, 2.45) is 0 Å². The Morgan fingerprint density at radius 3 is 2.45 bits per heavy atom. The van der Waals surface area contributed by atoms with E-state index in [0.717, 1.165) is 22.5 Å². The van der Waals surface area contributed by atoms with Gasteiger partial charge in [-0.2, -0.15) is 13.2 Å². The number of nitrogens with one attached hydrogen (secondary N) is 2. The monoisotopic (exact) mass is 595 g/mol. The first-order valence-electron chi connectivity index (χ1n) is 12.2. The highest BCUT2D eigenvalue weighted by molar-refractivity contribution is 7.92. The average Bonchev–Trinajstić information content (AvgIpc) is 2.88. The van der Waals surface area contributed by atoms with Gasteiger partial charge in [0.15, 0.2) is 0 Å². The van der Waals surface area contributed by atoms with Crippen molar-refractivity contribution in [2.75, 3.05) is 11.4 Å². The summed E-state index contributed by atoms with van der Waals surface area (Å²) in [7, 11) is -3.12. The Bertz CT molecular complexity index is 1570. The fourth-order valence-electron chi connectivity index (χ4n) is 4.74. The topological polar surface area (TPSA) is 78.5 Å². The van der Waals surface area contributed by atoms with Crippen molar-refractivity contribution in [1.82, 2.24) is 10.6 Å². The van der Waals surface area contributed by atoms with E-state index in [1.165, 1.54) is 19.2 Å². The van der Waals surface area contributed by atoms with E-state index >= 15 is 0 Å². The van der Waals surface area contributed by atoms with E-state index in [-0.39, 0.29) is 22.7 Å². The Morgan fingerprint density at radius 2 is 1.80 bits per heavy atom. The molecule has 212 valence electrons. The standard InChI is InChI=1S/C28H26ClF4N3O3S/c1-16(26-22(29)8-5-9-23(26)30)12-18-10-11-19-14-24(35-27(37)34-3)17(2)36(25(19)13-18)40(38,39)21-7-4-6-20(15-21)28(31,32)33/h4-13,15,17,24H,14H2,1-3H3,(H2,34,35,37). The molecule has 0 fully saturated rings. The third kappa shape index (κ3) is 5.80. The first kappa shape index (κ1) is 29.4. The maximum atomic E-state index is 14.5. The van der Waals surface area contributed by atoms with Crippen LogP contribution in [0.2, 0.25) is 5.02 Å². The fraction of sp³-hybridized carbons (Fsp3) is 0.250. The number of sulfonamides is 1. The molecule has 0 spiro atoms. The molecule has 0 saturated carbocycles. The third-order valence-electron chi connectivity index (χ3n) is 6.74. The lowest BCUT2D eigenvalue weighted by Crippen LogP contribution is -2.57. The molecule has 2 N–H and O–H groups in total. The molecule has 1 aliphatic rings. The molecule has 6 nitrogen and oxygen atoms in total. The molecule has 2 unspecified atom stereocenters. The lowest BCUT2D eigenvalue weighted by Gasteiger charge is -2.41.